The van der Waals surface area contributed by atoms with Crippen LogP contribution in [0.4, 0.5) is 0 Å². The first kappa shape index (κ1) is 19.9. The number of nitrogens with zero attached hydrogens (tertiary/aromatic N) is 2. The minimum absolute atomic E-state index is 0.00736. The lowest BCUT2D eigenvalue weighted by atomic mass is 9.93. The van der Waals surface area contributed by atoms with Gasteiger partial charge >= 0.3 is 0 Å². The van der Waals surface area contributed by atoms with Crippen LogP contribution in [0.5, 0.6) is 0 Å². The molecule has 1 aliphatic rings. The quantitative estimate of drug-likeness (QED) is 0.346. The van der Waals surface area contributed by atoms with Crippen molar-refractivity contribution in [2.24, 2.45) is 0 Å². The first-order valence-electron chi connectivity index (χ1n) is 11.1. The van der Waals surface area contributed by atoms with Crippen LogP contribution in [-0.2, 0) is 17.8 Å². The highest BCUT2D eigenvalue weighted by Crippen LogP contribution is 2.38. The summed E-state index contributed by atoms with van der Waals surface area (Å²) in [5.74, 6) is 0.0552. The molecule has 5 aromatic rings. The van der Waals surface area contributed by atoms with Crippen LogP contribution in [0, 0.1) is 0 Å². The number of rotatable bonds is 3. The molecule has 3 heterocycles. The highest BCUT2D eigenvalue weighted by molar-refractivity contribution is 7.10. The van der Waals surface area contributed by atoms with Crippen LogP contribution < -0.4 is 5.43 Å². The van der Waals surface area contributed by atoms with Gasteiger partial charge in [-0.25, -0.2) is 0 Å². The Balaban J connectivity index is 1.47. The average molecular weight is 451 g/mol. The number of amides is 1. The third-order valence-electron chi connectivity index (χ3n) is 6.57. The van der Waals surface area contributed by atoms with Crippen LogP contribution in [0.1, 0.15) is 22.0 Å². The van der Waals surface area contributed by atoms with Gasteiger partial charge in [-0.05, 0) is 53.3 Å². The molecule has 0 bridgehead atoms. The molecule has 0 radical (unpaired) electrons. The third kappa shape index (κ3) is 3.28. The van der Waals surface area contributed by atoms with E-state index in [2.05, 4.69) is 23.6 Å². The molecular weight excluding hydrogens is 428 g/mol. The minimum atomic E-state index is -0.0920. The Hall–Kier alpha value is -3.70. The fraction of sp³-hybridized carbons (Fsp3) is 0.143. The van der Waals surface area contributed by atoms with Crippen molar-refractivity contribution in [3.05, 3.63) is 117 Å². The van der Waals surface area contributed by atoms with Crippen LogP contribution in [0.2, 0.25) is 0 Å². The number of benzene rings is 3. The smallest absolute Gasteiger partial charge is 0.243 e. The fourth-order valence-corrected chi connectivity index (χ4v) is 5.96. The topological polar surface area (TPSA) is 42.3 Å². The van der Waals surface area contributed by atoms with E-state index in [-0.39, 0.29) is 23.9 Å². The molecule has 162 valence electrons. The summed E-state index contributed by atoms with van der Waals surface area (Å²) in [4.78, 5) is 30.3. The maximum Gasteiger partial charge on any atom is 0.243 e. The lowest BCUT2D eigenvalue weighted by Gasteiger charge is -2.36. The van der Waals surface area contributed by atoms with Crippen molar-refractivity contribution in [2.75, 3.05) is 6.54 Å². The standard InChI is InChI=1S/C28H22N2O2S/c31-26(29-16-14-25-22(15-17-33-25)27(29)19-8-2-1-3-9-19)18-30-23-12-6-4-10-20(23)28(32)21-11-5-7-13-24(21)30/h1-13,15,17,27H,14,16,18H2/t27-/m1/s1. The summed E-state index contributed by atoms with van der Waals surface area (Å²) in [5.41, 5.74) is 3.94. The van der Waals surface area contributed by atoms with Crippen molar-refractivity contribution in [1.29, 1.82) is 0 Å². The summed E-state index contributed by atoms with van der Waals surface area (Å²) in [6, 6.07) is 27.5. The average Bonchev–Trinajstić information content (AvgIpc) is 3.35. The molecule has 0 unspecified atom stereocenters. The number of carbonyl (C=O) groups is 1. The van der Waals surface area contributed by atoms with Gasteiger partial charge in [0.1, 0.15) is 6.54 Å². The molecule has 6 rings (SSSR count). The SMILES string of the molecule is O=C(Cn1c2ccccc2c(=O)c2ccccc21)N1CCc2sccc2[C@H]1c1ccccc1. The molecule has 1 atom stereocenters. The number of pyridine rings is 1. The molecule has 3 aromatic carbocycles. The van der Waals surface area contributed by atoms with Crippen molar-refractivity contribution in [3.8, 4) is 0 Å². The molecule has 33 heavy (non-hydrogen) atoms. The van der Waals surface area contributed by atoms with Crippen LogP contribution in [0.25, 0.3) is 21.8 Å². The van der Waals surface area contributed by atoms with Crippen LogP contribution in [0.3, 0.4) is 0 Å². The summed E-state index contributed by atoms with van der Waals surface area (Å²) in [6.45, 7) is 0.867. The zero-order chi connectivity index (χ0) is 22.4. The van der Waals surface area contributed by atoms with Crippen LogP contribution >= 0.6 is 11.3 Å². The summed E-state index contributed by atoms with van der Waals surface area (Å²) in [5, 5.41) is 3.40. The van der Waals surface area contributed by atoms with Gasteiger partial charge in [0.15, 0.2) is 5.43 Å². The van der Waals surface area contributed by atoms with Gasteiger partial charge in [0.2, 0.25) is 5.91 Å². The largest absolute Gasteiger partial charge is 0.331 e. The summed E-state index contributed by atoms with van der Waals surface area (Å²) in [7, 11) is 0. The number of fused-ring (bicyclic) bond motifs is 3. The van der Waals surface area contributed by atoms with Gasteiger partial charge in [-0.1, -0.05) is 54.6 Å². The number of carbonyl (C=O) groups excluding carboxylic acids is 1. The van der Waals surface area contributed by atoms with Crippen LogP contribution in [0.15, 0.2) is 95.1 Å². The van der Waals surface area contributed by atoms with Crippen molar-refractivity contribution in [3.63, 3.8) is 0 Å². The van der Waals surface area contributed by atoms with Crippen LogP contribution in [-0.4, -0.2) is 21.9 Å². The molecule has 0 saturated carbocycles. The fourth-order valence-electron chi connectivity index (χ4n) is 5.05. The molecule has 0 fully saturated rings. The Bertz CT molecular complexity index is 1490. The number of aromatic nitrogens is 1. The van der Waals surface area contributed by atoms with Crippen molar-refractivity contribution in [2.45, 2.75) is 19.0 Å². The Kier molecular flexibility index (Phi) is 4.84. The number of para-hydroxylation sites is 2. The molecule has 0 N–H and O–H groups in total. The minimum Gasteiger partial charge on any atom is -0.331 e. The van der Waals surface area contributed by atoms with E-state index in [9.17, 15) is 9.59 Å². The zero-order valence-corrected chi connectivity index (χ0v) is 18.8. The van der Waals surface area contributed by atoms with Crippen molar-refractivity contribution in [1.82, 2.24) is 9.47 Å². The first-order valence-corrected chi connectivity index (χ1v) is 12.0. The van der Waals surface area contributed by atoms with Gasteiger partial charge in [-0.3, -0.25) is 9.59 Å². The predicted octanol–water partition coefficient (Wildman–Crippen LogP) is 5.39. The Morgan fingerprint density at radius 2 is 1.48 bits per heavy atom. The van der Waals surface area contributed by atoms with E-state index in [1.54, 1.807) is 11.3 Å². The third-order valence-corrected chi connectivity index (χ3v) is 7.57. The summed E-state index contributed by atoms with van der Waals surface area (Å²) < 4.78 is 2.00. The van der Waals surface area contributed by atoms with Gasteiger partial charge in [0.25, 0.3) is 0 Å². The predicted molar refractivity (Wildman–Crippen MR) is 134 cm³/mol. The van der Waals surface area contributed by atoms with E-state index in [4.69, 9.17) is 0 Å². The molecular formula is C28H22N2O2S. The zero-order valence-electron chi connectivity index (χ0n) is 18.0. The van der Waals surface area contributed by atoms with E-state index in [1.165, 1.54) is 10.4 Å². The van der Waals surface area contributed by atoms with E-state index < -0.39 is 0 Å². The first-order chi connectivity index (χ1) is 16.2. The number of hydrogen-bond acceptors (Lipinski definition) is 3. The Labute approximate surface area is 195 Å². The lowest BCUT2D eigenvalue weighted by Crippen LogP contribution is -2.41. The second kappa shape index (κ2) is 8.01. The van der Waals surface area contributed by atoms with E-state index in [0.29, 0.717) is 17.3 Å². The molecule has 1 amide bonds. The highest BCUT2D eigenvalue weighted by Gasteiger charge is 2.33. The second-order valence-electron chi connectivity index (χ2n) is 8.40. The monoisotopic (exact) mass is 450 g/mol. The number of thiophene rings is 1. The van der Waals surface area contributed by atoms with Gasteiger partial charge in [-0.2, -0.15) is 0 Å². The van der Waals surface area contributed by atoms with E-state index in [0.717, 1.165) is 23.0 Å². The van der Waals surface area contributed by atoms with Gasteiger partial charge in [-0.15, -0.1) is 11.3 Å². The Morgan fingerprint density at radius 1 is 0.848 bits per heavy atom. The normalized spacial score (nSPS) is 15.6. The highest BCUT2D eigenvalue weighted by atomic mass is 32.1. The summed E-state index contributed by atoms with van der Waals surface area (Å²) >= 11 is 1.77. The van der Waals surface area contributed by atoms with Gasteiger partial charge in [0, 0.05) is 22.2 Å². The maximum absolute atomic E-state index is 13.9. The summed E-state index contributed by atoms with van der Waals surface area (Å²) in [6.07, 6.45) is 0.869. The van der Waals surface area contributed by atoms with E-state index in [1.807, 2.05) is 76.2 Å². The second-order valence-corrected chi connectivity index (χ2v) is 9.40. The molecule has 2 aromatic heterocycles. The van der Waals surface area contributed by atoms with Gasteiger partial charge < -0.3 is 9.47 Å². The number of hydrogen-bond donors (Lipinski definition) is 0. The molecule has 1 aliphatic heterocycles. The van der Waals surface area contributed by atoms with E-state index >= 15 is 0 Å². The van der Waals surface area contributed by atoms with Gasteiger partial charge in [0.05, 0.1) is 17.1 Å². The lowest BCUT2D eigenvalue weighted by molar-refractivity contribution is -0.133. The molecule has 0 saturated heterocycles. The van der Waals surface area contributed by atoms with Crippen molar-refractivity contribution >= 4 is 39.0 Å². The van der Waals surface area contributed by atoms with Crippen molar-refractivity contribution < 1.29 is 4.79 Å². The maximum atomic E-state index is 13.9. The molecule has 4 nitrogen and oxygen atoms in total. The Morgan fingerprint density at radius 3 is 2.18 bits per heavy atom. The molecule has 5 heteroatoms. The molecule has 0 spiro atoms. The molecule has 0 aliphatic carbocycles.